The van der Waals surface area contributed by atoms with Gasteiger partial charge in [-0.05, 0) is 54.7 Å². The molecule has 174 valence electrons. The van der Waals surface area contributed by atoms with E-state index in [2.05, 4.69) is 28.4 Å². The summed E-state index contributed by atoms with van der Waals surface area (Å²) in [6.45, 7) is 1.49. The van der Waals surface area contributed by atoms with Gasteiger partial charge in [0, 0.05) is 36.8 Å². The van der Waals surface area contributed by atoms with E-state index < -0.39 is 0 Å². The van der Waals surface area contributed by atoms with E-state index in [0.29, 0.717) is 11.5 Å². The number of nitrogens with zero attached hydrogens (tertiary/aromatic N) is 3. The van der Waals surface area contributed by atoms with Crippen LogP contribution in [0.3, 0.4) is 0 Å². The molecule has 35 heavy (non-hydrogen) atoms. The van der Waals surface area contributed by atoms with Crippen LogP contribution in [0.4, 0.5) is 11.4 Å². The number of para-hydroxylation sites is 1. The summed E-state index contributed by atoms with van der Waals surface area (Å²) in [5.41, 5.74) is 4.11. The second kappa shape index (κ2) is 9.47. The average molecular weight is 463 g/mol. The van der Waals surface area contributed by atoms with Crippen LogP contribution < -0.4 is 15.8 Å². The molecule has 1 saturated heterocycles. The van der Waals surface area contributed by atoms with Crippen molar-refractivity contribution in [3.05, 3.63) is 106 Å². The fraction of sp³-hybridized carbons (Fsp3) is 0.207. The highest BCUT2D eigenvalue weighted by atomic mass is 16.1. The molecule has 0 aliphatic carbocycles. The molecular formula is C29H26N4O2. The Labute approximate surface area is 204 Å². The highest BCUT2D eigenvalue weighted by Gasteiger charge is 2.26. The number of aryl methyl sites for hydroxylation is 1. The number of rotatable bonds is 4. The Bertz CT molecular complexity index is 1490. The Morgan fingerprint density at radius 3 is 2.43 bits per heavy atom. The lowest BCUT2D eigenvalue weighted by atomic mass is 9.88. The number of piperidine rings is 1. The Balaban J connectivity index is 1.36. The molecule has 0 atom stereocenters. The van der Waals surface area contributed by atoms with Gasteiger partial charge in [-0.25, -0.2) is 0 Å². The van der Waals surface area contributed by atoms with Crippen LogP contribution in [-0.2, 0) is 7.05 Å². The van der Waals surface area contributed by atoms with Crippen LogP contribution in [0.5, 0.6) is 0 Å². The summed E-state index contributed by atoms with van der Waals surface area (Å²) in [4.78, 5) is 27.6. The van der Waals surface area contributed by atoms with Gasteiger partial charge in [-0.15, -0.1) is 0 Å². The lowest BCUT2D eigenvalue weighted by Crippen LogP contribution is -2.35. The minimum absolute atomic E-state index is 0.126. The minimum Gasteiger partial charge on any atom is -0.370 e. The Morgan fingerprint density at radius 2 is 1.69 bits per heavy atom. The van der Waals surface area contributed by atoms with E-state index in [9.17, 15) is 14.9 Å². The van der Waals surface area contributed by atoms with Crippen LogP contribution in [-0.4, -0.2) is 23.6 Å². The van der Waals surface area contributed by atoms with Gasteiger partial charge >= 0.3 is 0 Å². The molecule has 0 bridgehead atoms. The fourth-order valence-electron chi connectivity index (χ4n) is 5.01. The first-order valence-corrected chi connectivity index (χ1v) is 11.8. The third-order valence-electron chi connectivity index (χ3n) is 6.85. The second-order valence-corrected chi connectivity index (χ2v) is 8.92. The molecule has 1 aliphatic heterocycles. The monoisotopic (exact) mass is 462 g/mol. The first-order valence-electron chi connectivity index (χ1n) is 11.8. The highest BCUT2D eigenvalue weighted by Crippen LogP contribution is 2.35. The van der Waals surface area contributed by atoms with Crippen molar-refractivity contribution in [3.8, 4) is 6.07 Å². The van der Waals surface area contributed by atoms with Gasteiger partial charge < -0.3 is 14.8 Å². The minimum atomic E-state index is -0.259. The van der Waals surface area contributed by atoms with E-state index >= 15 is 0 Å². The van der Waals surface area contributed by atoms with Gasteiger partial charge in [0.2, 0.25) is 0 Å². The van der Waals surface area contributed by atoms with Crippen molar-refractivity contribution in [2.24, 2.45) is 7.05 Å². The number of carbonyl (C=O) groups excluding carboxylic acids is 1. The summed E-state index contributed by atoms with van der Waals surface area (Å²) in [7, 11) is 1.71. The third kappa shape index (κ3) is 4.29. The van der Waals surface area contributed by atoms with Gasteiger partial charge in [0.1, 0.15) is 11.6 Å². The van der Waals surface area contributed by atoms with E-state index in [1.165, 1.54) is 5.56 Å². The normalized spacial score (nSPS) is 14.0. The molecule has 1 fully saturated rings. The number of nitrogens with one attached hydrogen (secondary N) is 1. The molecule has 0 unspecified atom stereocenters. The number of aromatic nitrogens is 1. The summed E-state index contributed by atoms with van der Waals surface area (Å²) < 4.78 is 1.55. The zero-order valence-corrected chi connectivity index (χ0v) is 19.6. The number of fused-ring (bicyclic) bond motifs is 1. The van der Waals surface area contributed by atoms with Gasteiger partial charge in [0.25, 0.3) is 11.5 Å². The Morgan fingerprint density at radius 1 is 0.971 bits per heavy atom. The summed E-state index contributed by atoms with van der Waals surface area (Å²) in [6, 6.07) is 27.1. The molecule has 1 amide bonds. The maximum Gasteiger partial charge on any atom is 0.270 e. The highest BCUT2D eigenvalue weighted by molar-refractivity contribution is 6.04. The summed E-state index contributed by atoms with van der Waals surface area (Å²) in [5.74, 6) is 0.210. The fourth-order valence-corrected chi connectivity index (χ4v) is 5.01. The zero-order chi connectivity index (χ0) is 24.4. The van der Waals surface area contributed by atoms with E-state index in [1.807, 2.05) is 54.6 Å². The van der Waals surface area contributed by atoms with Crippen molar-refractivity contribution in [1.29, 1.82) is 5.26 Å². The van der Waals surface area contributed by atoms with Crippen molar-refractivity contribution in [2.75, 3.05) is 23.3 Å². The van der Waals surface area contributed by atoms with Crippen LogP contribution >= 0.6 is 0 Å². The number of nitriles is 1. The first kappa shape index (κ1) is 22.4. The molecule has 0 spiro atoms. The molecule has 3 aromatic carbocycles. The van der Waals surface area contributed by atoms with Crippen LogP contribution in [0.15, 0.2) is 83.7 Å². The molecule has 4 aromatic rings. The lowest BCUT2D eigenvalue weighted by molar-refractivity contribution is 0.102. The van der Waals surface area contributed by atoms with Gasteiger partial charge in [0.05, 0.1) is 11.2 Å². The summed E-state index contributed by atoms with van der Waals surface area (Å²) in [6.07, 6.45) is 1.79. The molecule has 2 heterocycles. The standard InChI is InChI=1S/C29H26N4O2/c1-32-26-13-6-5-12-24(26)27(25(19-30)29(32)35)33-16-14-20(15-17-33)22-10-7-11-23(18-22)31-28(34)21-8-3-2-4-9-21/h2-13,18,20H,14-17H2,1H3,(H,31,34). The van der Waals surface area contributed by atoms with Gasteiger partial charge in [-0.1, -0.05) is 48.5 Å². The van der Waals surface area contributed by atoms with Gasteiger partial charge in [-0.2, -0.15) is 5.26 Å². The SMILES string of the molecule is Cn1c(=O)c(C#N)c(N2CCC(c3cccc(NC(=O)c4ccccc4)c3)CC2)c2ccccc21. The van der Waals surface area contributed by atoms with E-state index in [4.69, 9.17) is 0 Å². The quantitative estimate of drug-likeness (QED) is 0.461. The number of anilines is 2. The number of hydrogen-bond acceptors (Lipinski definition) is 4. The number of hydrogen-bond donors (Lipinski definition) is 1. The molecule has 0 radical (unpaired) electrons. The lowest BCUT2D eigenvalue weighted by Gasteiger charge is -2.35. The van der Waals surface area contributed by atoms with Crippen molar-refractivity contribution in [1.82, 2.24) is 4.57 Å². The van der Waals surface area contributed by atoms with E-state index in [1.54, 1.807) is 23.7 Å². The average Bonchev–Trinajstić information content (AvgIpc) is 2.91. The molecule has 5 rings (SSSR count). The third-order valence-corrected chi connectivity index (χ3v) is 6.85. The largest absolute Gasteiger partial charge is 0.370 e. The molecular weight excluding hydrogens is 436 g/mol. The number of carbonyl (C=O) groups is 1. The molecule has 1 N–H and O–H groups in total. The maximum atomic E-state index is 12.9. The predicted octanol–water partition coefficient (Wildman–Crippen LogP) is 5.05. The molecule has 1 aliphatic rings. The molecule has 1 aromatic heterocycles. The molecule has 0 saturated carbocycles. The number of amides is 1. The van der Waals surface area contributed by atoms with Crippen LogP contribution in [0, 0.1) is 11.3 Å². The Hall–Kier alpha value is -4.37. The van der Waals surface area contributed by atoms with E-state index in [-0.39, 0.29) is 17.0 Å². The zero-order valence-electron chi connectivity index (χ0n) is 19.6. The molecule has 6 nitrogen and oxygen atoms in total. The molecule has 6 heteroatoms. The van der Waals surface area contributed by atoms with Crippen LogP contribution in [0.2, 0.25) is 0 Å². The van der Waals surface area contributed by atoms with Crippen LogP contribution in [0.1, 0.15) is 40.2 Å². The maximum absolute atomic E-state index is 12.9. The van der Waals surface area contributed by atoms with Crippen molar-refractivity contribution in [2.45, 2.75) is 18.8 Å². The smallest absolute Gasteiger partial charge is 0.270 e. The summed E-state index contributed by atoms with van der Waals surface area (Å²) in [5, 5.41) is 13.7. The second-order valence-electron chi connectivity index (χ2n) is 8.92. The predicted molar refractivity (Wildman–Crippen MR) is 139 cm³/mol. The van der Waals surface area contributed by atoms with Crippen LogP contribution in [0.25, 0.3) is 10.9 Å². The number of pyridine rings is 1. The van der Waals surface area contributed by atoms with Crippen molar-refractivity contribution >= 4 is 28.2 Å². The van der Waals surface area contributed by atoms with Crippen molar-refractivity contribution < 1.29 is 4.79 Å². The van der Waals surface area contributed by atoms with E-state index in [0.717, 1.165) is 48.2 Å². The number of benzene rings is 3. The van der Waals surface area contributed by atoms with Crippen molar-refractivity contribution in [3.63, 3.8) is 0 Å². The summed E-state index contributed by atoms with van der Waals surface area (Å²) >= 11 is 0. The first-order chi connectivity index (χ1) is 17.1. The Kier molecular flexibility index (Phi) is 6.07. The van der Waals surface area contributed by atoms with Gasteiger partial charge in [-0.3, -0.25) is 9.59 Å². The topological polar surface area (TPSA) is 78.1 Å². The van der Waals surface area contributed by atoms with Gasteiger partial charge in [0.15, 0.2) is 0 Å².